The Balaban J connectivity index is 3.42. The smallest absolute Gasteiger partial charge is 0.285 e. The molecule has 0 heterocycles. The number of nitrogens with one attached hydrogen (secondary N) is 1. The largest absolute Gasteiger partial charge is 0.314 e. The molecule has 1 aromatic rings. The summed E-state index contributed by atoms with van der Waals surface area (Å²) in [6.07, 6.45) is 0. The maximum absolute atomic E-state index is 14.0. The van der Waals surface area contributed by atoms with Gasteiger partial charge in [0.25, 0.3) is 5.92 Å². The Bertz CT molecular complexity index is 371. The van der Waals surface area contributed by atoms with E-state index in [-0.39, 0.29) is 12.1 Å². The zero-order valence-corrected chi connectivity index (χ0v) is 10.5. The predicted octanol–water partition coefficient (Wildman–Crippen LogP) is 3.23. The Morgan fingerprint density at radius 3 is 1.88 bits per heavy atom. The van der Waals surface area contributed by atoms with Crippen molar-refractivity contribution in [3.63, 3.8) is 0 Å². The zero-order chi connectivity index (χ0) is 12.5. The molecule has 1 nitrogen and oxygen atoms in total. The Kier molecular flexibility index (Phi) is 3.68. The number of halogens is 2. The van der Waals surface area contributed by atoms with E-state index >= 15 is 0 Å². The summed E-state index contributed by atoms with van der Waals surface area (Å²) in [7, 11) is 1.54. The van der Waals surface area contributed by atoms with Crippen molar-refractivity contribution in [3.05, 3.63) is 33.9 Å². The minimum atomic E-state index is -2.81. The molecule has 16 heavy (non-hydrogen) atoms. The molecule has 0 aliphatic carbocycles. The van der Waals surface area contributed by atoms with Crippen molar-refractivity contribution in [1.82, 2.24) is 5.32 Å². The summed E-state index contributed by atoms with van der Waals surface area (Å²) >= 11 is 0. The van der Waals surface area contributed by atoms with Gasteiger partial charge < -0.3 is 5.32 Å². The second-order valence-electron chi connectivity index (χ2n) is 4.37. The minimum absolute atomic E-state index is 0.180. The molecule has 0 fully saturated rings. The van der Waals surface area contributed by atoms with E-state index in [9.17, 15) is 8.78 Å². The molecule has 0 bridgehead atoms. The fraction of sp³-hybridized carbons (Fsp3) is 0.538. The Hall–Kier alpha value is -0.960. The van der Waals surface area contributed by atoms with Crippen LogP contribution < -0.4 is 5.32 Å². The maximum Gasteiger partial charge on any atom is 0.285 e. The van der Waals surface area contributed by atoms with Crippen LogP contribution in [0.4, 0.5) is 8.78 Å². The van der Waals surface area contributed by atoms with Crippen molar-refractivity contribution < 1.29 is 8.78 Å². The fourth-order valence-electron chi connectivity index (χ4n) is 2.08. The predicted molar refractivity (Wildman–Crippen MR) is 63.2 cm³/mol. The molecular formula is C13H19F2N. The van der Waals surface area contributed by atoms with Crippen molar-refractivity contribution in [2.45, 2.75) is 33.6 Å². The molecule has 0 atom stereocenters. The monoisotopic (exact) mass is 227 g/mol. The fourth-order valence-corrected chi connectivity index (χ4v) is 2.08. The van der Waals surface area contributed by atoms with Crippen LogP contribution >= 0.6 is 0 Å². The van der Waals surface area contributed by atoms with Gasteiger partial charge in [0, 0.05) is 5.56 Å². The van der Waals surface area contributed by atoms with Crippen LogP contribution in [0, 0.1) is 27.7 Å². The first-order valence-electron chi connectivity index (χ1n) is 5.41. The SMILES string of the molecule is CNCC(F)(F)c1c(C)c(C)cc(C)c1C. The Morgan fingerprint density at radius 2 is 1.50 bits per heavy atom. The van der Waals surface area contributed by atoms with Crippen LogP contribution in [0.25, 0.3) is 0 Å². The molecule has 1 rings (SSSR count). The van der Waals surface area contributed by atoms with E-state index in [1.807, 2.05) is 19.9 Å². The lowest BCUT2D eigenvalue weighted by molar-refractivity contribution is -0.00260. The number of hydrogen-bond acceptors (Lipinski definition) is 1. The molecule has 0 saturated heterocycles. The first kappa shape index (κ1) is 13.1. The van der Waals surface area contributed by atoms with Gasteiger partial charge in [-0.05, 0) is 57.0 Å². The van der Waals surface area contributed by atoms with Crippen molar-refractivity contribution in [2.24, 2.45) is 0 Å². The molecule has 0 radical (unpaired) electrons. The molecule has 1 aromatic carbocycles. The minimum Gasteiger partial charge on any atom is -0.314 e. The van der Waals surface area contributed by atoms with Gasteiger partial charge in [0.2, 0.25) is 0 Å². The molecule has 0 aromatic heterocycles. The molecule has 90 valence electrons. The highest BCUT2D eigenvalue weighted by molar-refractivity contribution is 5.46. The summed E-state index contributed by atoms with van der Waals surface area (Å²) in [5, 5.41) is 2.55. The lowest BCUT2D eigenvalue weighted by Gasteiger charge is -2.23. The normalized spacial score (nSPS) is 11.9. The number of alkyl halides is 2. The van der Waals surface area contributed by atoms with Gasteiger partial charge >= 0.3 is 0 Å². The molecule has 0 aliphatic heterocycles. The van der Waals surface area contributed by atoms with Crippen LogP contribution in [-0.4, -0.2) is 13.6 Å². The molecular weight excluding hydrogens is 208 g/mol. The van der Waals surface area contributed by atoms with Crippen molar-refractivity contribution >= 4 is 0 Å². The Morgan fingerprint density at radius 1 is 1.06 bits per heavy atom. The van der Waals surface area contributed by atoms with Gasteiger partial charge in [-0.1, -0.05) is 6.07 Å². The topological polar surface area (TPSA) is 12.0 Å². The first-order valence-corrected chi connectivity index (χ1v) is 5.41. The third-order valence-corrected chi connectivity index (χ3v) is 3.13. The summed E-state index contributed by atoms with van der Waals surface area (Å²) in [6.45, 7) is 6.96. The van der Waals surface area contributed by atoms with E-state index < -0.39 is 5.92 Å². The third-order valence-electron chi connectivity index (χ3n) is 3.13. The second-order valence-corrected chi connectivity index (χ2v) is 4.37. The summed E-state index contributed by atoms with van der Waals surface area (Å²) in [4.78, 5) is 0. The van der Waals surface area contributed by atoms with Crippen LogP contribution in [0.5, 0.6) is 0 Å². The molecule has 0 aliphatic rings. The number of benzene rings is 1. The van der Waals surface area contributed by atoms with E-state index in [1.54, 1.807) is 20.9 Å². The van der Waals surface area contributed by atoms with Gasteiger partial charge in [-0.15, -0.1) is 0 Å². The second kappa shape index (κ2) is 4.50. The van der Waals surface area contributed by atoms with Gasteiger partial charge in [0.05, 0.1) is 6.54 Å². The lowest BCUT2D eigenvalue weighted by atomic mass is 9.90. The van der Waals surface area contributed by atoms with Gasteiger partial charge in [0.15, 0.2) is 0 Å². The van der Waals surface area contributed by atoms with E-state index in [4.69, 9.17) is 0 Å². The average molecular weight is 227 g/mol. The quantitative estimate of drug-likeness (QED) is 0.836. The lowest BCUT2D eigenvalue weighted by Crippen LogP contribution is -2.30. The van der Waals surface area contributed by atoms with Gasteiger partial charge in [-0.2, -0.15) is 8.78 Å². The molecule has 0 spiro atoms. The van der Waals surface area contributed by atoms with E-state index in [0.29, 0.717) is 11.1 Å². The number of aryl methyl sites for hydroxylation is 2. The van der Waals surface area contributed by atoms with Crippen LogP contribution in [0.15, 0.2) is 6.07 Å². The van der Waals surface area contributed by atoms with Crippen LogP contribution in [-0.2, 0) is 5.92 Å². The Labute approximate surface area is 95.9 Å². The average Bonchev–Trinajstić information content (AvgIpc) is 2.14. The van der Waals surface area contributed by atoms with Crippen LogP contribution in [0.1, 0.15) is 27.8 Å². The zero-order valence-electron chi connectivity index (χ0n) is 10.5. The maximum atomic E-state index is 14.0. The molecule has 1 N–H and O–H groups in total. The highest BCUT2D eigenvalue weighted by atomic mass is 19.3. The number of hydrogen-bond donors (Lipinski definition) is 1. The van der Waals surface area contributed by atoms with E-state index in [2.05, 4.69) is 5.32 Å². The molecule has 3 heteroatoms. The van der Waals surface area contributed by atoms with Crippen molar-refractivity contribution in [3.8, 4) is 0 Å². The van der Waals surface area contributed by atoms with E-state index in [1.165, 1.54) is 0 Å². The highest BCUT2D eigenvalue weighted by Gasteiger charge is 2.34. The van der Waals surface area contributed by atoms with Crippen LogP contribution in [0.2, 0.25) is 0 Å². The summed E-state index contributed by atoms with van der Waals surface area (Å²) < 4.78 is 28.0. The van der Waals surface area contributed by atoms with E-state index in [0.717, 1.165) is 11.1 Å². The highest BCUT2D eigenvalue weighted by Crippen LogP contribution is 2.35. The number of likely N-dealkylation sites (N-methyl/N-ethyl adjacent to an activating group) is 1. The summed E-state index contributed by atoms with van der Waals surface area (Å²) in [5.41, 5.74) is 3.42. The standard InChI is InChI=1S/C13H19F2N/c1-8-6-9(2)11(4)12(10(8)3)13(14,15)7-16-5/h6,16H,7H2,1-5H3. The molecule has 0 unspecified atom stereocenters. The third kappa shape index (κ3) is 2.24. The van der Waals surface area contributed by atoms with Crippen molar-refractivity contribution in [1.29, 1.82) is 0 Å². The summed E-state index contributed by atoms with van der Waals surface area (Å²) in [5.74, 6) is -2.81. The van der Waals surface area contributed by atoms with Crippen molar-refractivity contribution in [2.75, 3.05) is 13.6 Å². The summed E-state index contributed by atoms with van der Waals surface area (Å²) in [6, 6.07) is 1.96. The van der Waals surface area contributed by atoms with Crippen LogP contribution in [0.3, 0.4) is 0 Å². The number of rotatable bonds is 3. The van der Waals surface area contributed by atoms with Gasteiger partial charge in [0.1, 0.15) is 0 Å². The molecule has 0 amide bonds. The van der Waals surface area contributed by atoms with Gasteiger partial charge in [-0.25, -0.2) is 0 Å². The molecule has 0 saturated carbocycles. The van der Waals surface area contributed by atoms with Gasteiger partial charge in [-0.3, -0.25) is 0 Å². The first-order chi connectivity index (χ1) is 7.31.